The monoisotopic (exact) mass is 387 g/mol. The first-order chi connectivity index (χ1) is 13.1. The minimum Gasteiger partial charge on any atom is -0.295 e. The summed E-state index contributed by atoms with van der Waals surface area (Å²) in [5, 5.41) is 16.8. The van der Waals surface area contributed by atoms with E-state index in [-0.39, 0.29) is 5.78 Å². The van der Waals surface area contributed by atoms with Crippen molar-refractivity contribution in [1.29, 1.82) is 0 Å². The van der Waals surface area contributed by atoms with Gasteiger partial charge in [-0.25, -0.2) is 0 Å². The Morgan fingerprint density at radius 3 is 1.96 bits per heavy atom. The topological polar surface area (TPSA) is 30.0 Å². The van der Waals surface area contributed by atoms with E-state index in [0.717, 1.165) is 22.5 Å². The first-order valence-corrected chi connectivity index (χ1v) is 10.7. The summed E-state index contributed by atoms with van der Waals surface area (Å²) in [6.07, 6.45) is 0. The zero-order valence-corrected chi connectivity index (χ0v) is 16.9. The molecule has 0 bridgehead atoms. The van der Waals surface area contributed by atoms with Gasteiger partial charge in [0.25, 0.3) is 0 Å². The molecule has 5 rings (SSSR count). The largest absolute Gasteiger partial charge is 0.295 e. The number of pyridine rings is 1. The molecule has 0 aliphatic rings. The number of carbonyl (C=O) groups is 1. The minimum atomic E-state index is 0.0840. The van der Waals surface area contributed by atoms with E-state index in [1.807, 2.05) is 24.3 Å². The Morgan fingerprint density at radius 2 is 1.37 bits per heavy atom. The highest BCUT2D eigenvalue weighted by atomic mass is 32.1. The molecule has 3 aromatic heterocycles. The smallest absolute Gasteiger partial charge is 0.159 e. The molecule has 5 aromatic rings. The number of hydrogen-bond donors (Lipinski definition) is 0. The summed E-state index contributed by atoms with van der Waals surface area (Å²) in [5.74, 6) is 0.0840. The van der Waals surface area contributed by atoms with Crippen molar-refractivity contribution < 1.29 is 4.79 Å². The second-order valence-electron chi connectivity index (χ2n) is 6.95. The summed E-state index contributed by atoms with van der Waals surface area (Å²) >= 11 is 3.50. The van der Waals surface area contributed by atoms with Crippen LogP contribution in [0.1, 0.15) is 28.5 Å². The average Bonchev–Trinajstić information content (AvgIpc) is 3.32. The van der Waals surface area contributed by atoms with Crippen LogP contribution in [0.3, 0.4) is 0 Å². The highest BCUT2D eigenvalue weighted by Crippen LogP contribution is 2.42. The van der Waals surface area contributed by atoms with Gasteiger partial charge in [0.2, 0.25) is 0 Å². The van der Waals surface area contributed by atoms with Crippen LogP contribution in [0.2, 0.25) is 0 Å². The van der Waals surface area contributed by atoms with Gasteiger partial charge in [-0.2, -0.15) is 22.7 Å². The second kappa shape index (κ2) is 5.98. The standard InChI is InChI=1S/C23H17NOS2/c1-12-21-19-10-26-8-17(19)18-9-27-11-20(18)22(21)13(2)24-23(12)16-6-4-15(5-7-16)14(3)25/h4-11H,1-3H3. The molecule has 132 valence electrons. The summed E-state index contributed by atoms with van der Waals surface area (Å²) in [6.45, 7) is 5.86. The highest BCUT2D eigenvalue weighted by molar-refractivity contribution is 7.11. The summed E-state index contributed by atoms with van der Waals surface area (Å²) in [7, 11) is 0. The number of carbonyl (C=O) groups excluding carboxylic acids is 1. The number of ketones is 1. The lowest BCUT2D eigenvalue weighted by atomic mass is 9.93. The van der Waals surface area contributed by atoms with Crippen molar-refractivity contribution in [1.82, 2.24) is 4.98 Å². The van der Waals surface area contributed by atoms with Crippen molar-refractivity contribution in [2.75, 3.05) is 0 Å². The molecule has 0 N–H and O–H groups in total. The second-order valence-corrected chi connectivity index (χ2v) is 8.44. The van der Waals surface area contributed by atoms with Gasteiger partial charge < -0.3 is 0 Å². The molecule has 2 nitrogen and oxygen atoms in total. The molecule has 0 saturated carbocycles. The molecule has 2 aromatic carbocycles. The zero-order valence-electron chi connectivity index (χ0n) is 15.3. The predicted octanol–water partition coefficient (Wildman–Crippen LogP) is 7.15. The maximum absolute atomic E-state index is 11.6. The number of hydrogen-bond acceptors (Lipinski definition) is 4. The summed E-state index contributed by atoms with van der Waals surface area (Å²) in [6, 6.07) is 7.79. The fraction of sp³-hybridized carbons (Fsp3) is 0.130. The number of aromatic nitrogens is 1. The molecule has 0 spiro atoms. The van der Waals surface area contributed by atoms with Gasteiger partial charge in [0.15, 0.2) is 5.78 Å². The van der Waals surface area contributed by atoms with Gasteiger partial charge in [0.05, 0.1) is 5.69 Å². The third-order valence-electron chi connectivity index (χ3n) is 5.34. The Balaban J connectivity index is 1.89. The lowest BCUT2D eigenvalue weighted by molar-refractivity contribution is 0.101. The number of thiophene rings is 2. The van der Waals surface area contributed by atoms with Gasteiger partial charge in [-0.05, 0) is 53.2 Å². The molecular formula is C23H17NOS2. The van der Waals surface area contributed by atoms with Crippen LogP contribution >= 0.6 is 22.7 Å². The molecule has 0 fully saturated rings. The van der Waals surface area contributed by atoms with Crippen molar-refractivity contribution >= 4 is 60.8 Å². The Bertz CT molecular complexity index is 1360. The molecule has 3 heterocycles. The third-order valence-corrected chi connectivity index (χ3v) is 6.83. The van der Waals surface area contributed by atoms with E-state index in [9.17, 15) is 4.79 Å². The van der Waals surface area contributed by atoms with Crippen molar-refractivity contribution in [2.45, 2.75) is 20.8 Å². The number of rotatable bonds is 2. The van der Waals surface area contributed by atoms with Crippen LogP contribution in [0.4, 0.5) is 0 Å². The van der Waals surface area contributed by atoms with E-state index >= 15 is 0 Å². The van der Waals surface area contributed by atoms with E-state index in [1.165, 1.54) is 37.9 Å². The molecule has 27 heavy (non-hydrogen) atoms. The van der Waals surface area contributed by atoms with E-state index in [4.69, 9.17) is 4.98 Å². The lowest BCUT2D eigenvalue weighted by Gasteiger charge is -2.14. The minimum absolute atomic E-state index is 0.0840. The van der Waals surface area contributed by atoms with Crippen LogP contribution in [0.25, 0.3) is 43.6 Å². The fourth-order valence-electron chi connectivity index (χ4n) is 4.00. The van der Waals surface area contributed by atoms with Crippen LogP contribution in [0, 0.1) is 13.8 Å². The Hall–Kier alpha value is -2.56. The third kappa shape index (κ3) is 2.37. The molecule has 0 aliphatic heterocycles. The highest BCUT2D eigenvalue weighted by Gasteiger charge is 2.18. The normalized spacial score (nSPS) is 11.7. The summed E-state index contributed by atoms with van der Waals surface area (Å²) in [4.78, 5) is 16.6. The van der Waals surface area contributed by atoms with Crippen LogP contribution in [-0.4, -0.2) is 10.8 Å². The molecule has 0 amide bonds. The van der Waals surface area contributed by atoms with Gasteiger partial charge in [0, 0.05) is 43.8 Å². The number of Topliss-reactive ketones (excluding diaryl/α,β-unsaturated/α-hetero) is 1. The van der Waals surface area contributed by atoms with Crippen LogP contribution in [-0.2, 0) is 0 Å². The van der Waals surface area contributed by atoms with Gasteiger partial charge in [-0.1, -0.05) is 24.3 Å². The maximum atomic E-state index is 11.6. The number of fused-ring (bicyclic) bond motifs is 6. The molecule has 0 aliphatic carbocycles. The van der Waals surface area contributed by atoms with Crippen LogP contribution in [0.15, 0.2) is 45.8 Å². The van der Waals surface area contributed by atoms with Crippen molar-refractivity contribution in [3.8, 4) is 11.3 Å². The number of nitrogens with zero attached hydrogens (tertiary/aromatic N) is 1. The fourth-order valence-corrected chi connectivity index (χ4v) is 5.68. The molecule has 0 saturated heterocycles. The van der Waals surface area contributed by atoms with Gasteiger partial charge in [-0.15, -0.1) is 0 Å². The Labute approximate surface area is 165 Å². The summed E-state index contributed by atoms with van der Waals surface area (Å²) < 4.78 is 0. The van der Waals surface area contributed by atoms with E-state index in [0.29, 0.717) is 0 Å². The Kier molecular flexibility index (Phi) is 3.67. The van der Waals surface area contributed by atoms with Gasteiger partial charge in [0.1, 0.15) is 0 Å². The van der Waals surface area contributed by atoms with Crippen molar-refractivity contribution in [3.63, 3.8) is 0 Å². The van der Waals surface area contributed by atoms with Gasteiger partial charge in [-0.3, -0.25) is 9.78 Å². The zero-order chi connectivity index (χ0) is 18.7. The number of benzene rings is 2. The van der Waals surface area contributed by atoms with E-state index < -0.39 is 0 Å². The molecular weight excluding hydrogens is 370 g/mol. The molecule has 0 unspecified atom stereocenters. The predicted molar refractivity (Wildman–Crippen MR) is 117 cm³/mol. The van der Waals surface area contributed by atoms with Crippen molar-refractivity contribution in [2.24, 2.45) is 0 Å². The first-order valence-electron chi connectivity index (χ1n) is 8.82. The van der Waals surface area contributed by atoms with E-state index in [2.05, 4.69) is 35.4 Å². The molecule has 0 atom stereocenters. The SMILES string of the molecule is CC(=O)c1ccc(-c2nc(C)c3c4cscc4c4cscc4c3c2C)cc1. The summed E-state index contributed by atoms with van der Waals surface area (Å²) in [5.41, 5.74) is 5.03. The Morgan fingerprint density at radius 1 is 0.815 bits per heavy atom. The van der Waals surface area contributed by atoms with Crippen LogP contribution < -0.4 is 0 Å². The first kappa shape index (κ1) is 16.6. The van der Waals surface area contributed by atoms with Gasteiger partial charge >= 0.3 is 0 Å². The average molecular weight is 388 g/mol. The van der Waals surface area contributed by atoms with Crippen molar-refractivity contribution in [3.05, 3.63) is 62.6 Å². The van der Waals surface area contributed by atoms with Crippen LogP contribution in [0.5, 0.6) is 0 Å². The number of aryl methyl sites for hydroxylation is 2. The lowest BCUT2D eigenvalue weighted by Crippen LogP contribution is -1.97. The quantitative estimate of drug-likeness (QED) is 0.301. The van der Waals surface area contributed by atoms with E-state index in [1.54, 1.807) is 29.6 Å². The maximum Gasteiger partial charge on any atom is 0.159 e. The molecule has 0 radical (unpaired) electrons. The molecule has 4 heteroatoms.